The summed E-state index contributed by atoms with van der Waals surface area (Å²) < 4.78 is 38.6. The molecule has 1 aliphatic rings. The van der Waals surface area contributed by atoms with Crippen molar-refractivity contribution in [2.45, 2.75) is 37.9 Å². The van der Waals surface area contributed by atoms with Crippen molar-refractivity contribution in [3.8, 4) is 0 Å². The third-order valence-electron chi connectivity index (χ3n) is 4.27. The van der Waals surface area contributed by atoms with Gasteiger partial charge in [0.15, 0.2) is 0 Å². The Kier molecular flexibility index (Phi) is 6.48. The Morgan fingerprint density at radius 3 is 2.48 bits per heavy atom. The summed E-state index contributed by atoms with van der Waals surface area (Å²) in [6.07, 6.45) is -2.13. The summed E-state index contributed by atoms with van der Waals surface area (Å²) in [4.78, 5) is 12.2. The second kappa shape index (κ2) is 7.53. The molecule has 1 atom stereocenters. The third-order valence-corrected chi connectivity index (χ3v) is 4.27. The second-order valence-electron chi connectivity index (χ2n) is 5.96. The van der Waals surface area contributed by atoms with Crippen LogP contribution in [0.4, 0.5) is 13.2 Å². The quantitative estimate of drug-likeness (QED) is 0.853. The molecule has 0 aromatic heterocycles. The van der Waals surface area contributed by atoms with Crippen molar-refractivity contribution in [2.24, 2.45) is 5.92 Å². The molecular formula is C16H22ClF3N2O. The molecule has 0 bridgehead atoms. The topological polar surface area (TPSA) is 41.1 Å². The number of nitrogens with one attached hydrogen (secondary N) is 2. The summed E-state index contributed by atoms with van der Waals surface area (Å²) in [6.45, 7) is 2.33. The van der Waals surface area contributed by atoms with Crippen LogP contribution in [0.3, 0.4) is 0 Å². The molecule has 0 heterocycles. The molecule has 1 fully saturated rings. The first-order chi connectivity index (χ1) is 10.3. The van der Waals surface area contributed by atoms with Gasteiger partial charge in [-0.2, -0.15) is 13.2 Å². The molecule has 7 heteroatoms. The van der Waals surface area contributed by atoms with Crippen molar-refractivity contribution >= 4 is 18.3 Å². The zero-order valence-corrected chi connectivity index (χ0v) is 14.0. The third kappa shape index (κ3) is 4.38. The van der Waals surface area contributed by atoms with Gasteiger partial charge in [-0.25, -0.2) is 0 Å². The standard InChI is InChI=1S/C16H21F3N2O.ClH/c1-11(10-20-2)14(22)21-15(7-4-8-15)12-5-3-6-13(9-12)16(17,18)19;/h3,5-6,9,11,20H,4,7-8,10H2,1-2H3,(H,21,22);1H. The van der Waals surface area contributed by atoms with Crippen molar-refractivity contribution in [2.75, 3.05) is 13.6 Å². The molecule has 0 saturated heterocycles. The minimum Gasteiger partial charge on any atom is -0.346 e. The maximum absolute atomic E-state index is 12.9. The molecule has 0 radical (unpaired) electrons. The van der Waals surface area contributed by atoms with Gasteiger partial charge in [0.25, 0.3) is 0 Å². The molecule has 0 spiro atoms. The van der Waals surface area contributed by atoms with Crippen LogP contribution in [-0.4, -0.2) is 19.5 Å². The lowest BCUT2D eigenvalue weighted by Crippen LogP contribution is -2.53. The summed E-state index contributed by atoms with van der Waals surface area (Å²) in [7, 11) is 1.76. The van der Waals surface area contributed by atoms with Crippen molar-refractivity contribution in [3.05, 3.63) is 35.4 Å². The van der Waals surface area contributed by atoms with Crippen molar-refractivity contribution < 1.29 is 18.0 Å². The Balaban J connectivity index is 0.00000264. The molecule has 2 N–H and O–H groups in total. The molecule has 1 aliphatic carbocycles. The Hall–Kier alpha value is -1.27. The summed E-state index contributed by atoms with van der Waals surface area (Å²) in [5.74, 6) is -0.361. The normalized spacial score (nSPS) is 17.6. The fourth-order valence-electron chi connectivity index (χ4n) is 2.77. The van der Waals surface area contributed by atoms with E-state index in [0.717, 1.165) is 18.6 Å². The molecule has 130 valence electrons. The van der Waals surface area contributed by atoms with Crippen molar-refractivity contribution in [1.82, 2.24) is 10.6 Å². The fourth-order valence-corrected chi connectivity index (χ4v) is 2.77. The van der Waals surface area contributed by atoms with E-state index in [0.29, 0.717) is 24.9 Å². The Morgan fingerprint density at radius 1 is 1.35 bits per heavy atom. The molecule has 23 heavy (non-hydrogen) atoms. The lowest BCUT2D eigenvalue weighted by atomic mass is 9.71. The van der Waals surface area contributed by atoms with E-state index < -0.39 is 17.3 Å². The first kappa shape index (κ1) is 19.8. The molecule has 1 aromatic rings. The summed E-state index contributed by atoms with van der Waals surface area (Å²) >= 11 is 0. The molecule has 3 nitrogen and oxygen atoms in total. The number of halogens is 4. The van der Waals surface area contributed by atoms with E-state index in [-0.39, 0.29) is 24.2 Å². The Morgan fingerprint density at radius 2 is 2.00 bits per heavy atom. The minimum atomic E-state index is -4.37. The van der Waals surface area contributed by atoms with Crippen LogP contribution in [0.25, 0.3) is 0 Å². The number of alkyl halides is 3. The highest BCUT2D eigenvalue weighted by Gasteiger charge is 2.42. The van der Waals surface area contributed by atoms with Gasteiger partial charge < -0.3 is 10.6 Å². The lowest BCUT2D eigenvalue weighted by molar-refractivity contribution is -0.137. The first-order valence-electron chi connectivity index (χ1n) is 7.43. The number of carbonyl (C=O) groups excluding carboxylic acids is 1. The van der Waals surface area contributed by atoms with E-state index in [1.165, 1.54) is 6.07 Å². The molecule has 2 rings (SSSR count). The van der Waals surface area contributed by atoms with Crippen molar-refractivity contribution in [1.29, 1.82) is 0 Å². The van der Waals surface area contributed by atoms with E-state index in [1.807, 2.05) is 0 Å². The number of hydrogen-bond acceptors (Lipinski definition) is 2. The summed E-state index contributed by atoms with van der Waals surface area (Å²) in [5.41, 5.74) is -0.784. The smallest absolute Gasteiger partial charge is 0.346 e. The first-order valence-corrected chi connectivity index (χ1v) is 7.43. The maximum atomic E-state index is 12.9. The van der Waals surface area contributed by atoms with Gasteiger partial charge in [-0.05, 0) is 44.0 Å². The van der Waals surface area contributed by atoms with Gasteiger partial charge in [0.1, 0.15) is 0 Å². The number of amides is 1. The summed E-state index contributed by atoms with van der Waals surface area (Å²) in [6, 6.07) is 5.28. The van der Waals surface area contributed by atoms with E-state index in [9.17, 15) is 18.0 Å². The van der Waals surface area contributed by atoms with Crippen LogP contribution in [0.1, 0.15) is 37.3 Å². The van der Waals surface area contributed by atoms with Gasteiger partial charge in [0.2, 0.25) is 5.91 Å². The SMILES string of the molecule is CNCC(C)C(=O)NC1(c2cccc(C(F)(F)F)c2)CCC1.Cl. The molecule has 1 saturated carbocycles. The van der Waals surface area contributed by atoms with Crippen LogP contribution in [0.5, 0.6) is 0 Å². The van der Waals surface area contributed by atoms with Crippen LogP contribution < -0.4 is 10.6 Å². The lowest BCUT2D eigenvalue weighted by Gasteiger charge is -2.44. The van der Waals surface area contributed by atoms with Gasteiger partial charge in [0.05, 0.1) is 11.1 Å². The minimum absolute atomic E-state index is 0. The number of benzene rings is 1. The Bertz CT molecular complexity index is 544. The van der Waals surface area contributed by atoms with Gasteiger partial charge in [-0.1, -0.05) is 19.1 Å². The average Bonchev–Trinajstić information content (AvgIpc) is 2.42. The zero-order valence-electron chi connectivity index (χ0n) is 13.2. The number of rotatable bonds is 5. The van der Waals surface area contributed by atoms with Crippen LogP contribution in [0, 0.1) is 5.92 Å². The molecule has 1 aromatic carbocycles. The monoisotopic (exact) mass is 350 g/mol. The number of carbonyl (C=O) groups is 1. The Labute approximate surface area is 140 Å². The maximum Gasteiger partial charge on any atom is 0.416 e. The van der Waals surface area contributed by atoms with Gasteiger partial charge in [-0.15, -0.1) is 12.4 Å². The second-order valence-corrected chi connectivity index (χ2v) is 5.96. The van der Waals surface area contributed by atoms with Crippen LogP contribution in [0.15, 0.2) is 24.3 Å². The van der Waals surface area contributed by atoms with E-state index >= 15 is 0 Å². The molecule has 1 unspecified atom stereocenters. The van der Waals surface area contributed by atoms with Gasteiger partial charge >= 0.3 is 6.18 Å². The predicted molar refractivity (Wildman–Crippen MR) is 85.5 cm³/mol. The highest BCUT2D eigenvalue weighted by molar-refractivity contribution is 5.85. The fraction of sp³-hybridized carbons (Fsp3) is 0.562. The summed E-state index contributed by atoms with van der Waals surface area (Å²) in [5, 5.41) is 5.89. The van der Waals surface area contributed by atoms with E-state index in [4.69, 9.17) is 0 Å². The van der Waals surface area contributed by atoms with Crippen LogP contribution in [-0.2, 0) is 16.5 Å². The largest absolute Gasteiger partial charge is 0.416 e. The average molecular weight is 351 g/mol. The number of hydrogen-bond donors (Lipinski definition) is 2. The van der Waals surface area contributed by atoms with Crippen molar-refractivity contribution in [3.63, 3.8) is 0 Å². The van der Waals surface area contributed by atoms with E-state index in [1.54, 1.807) is 20.0 Å². The highest BCUT2D eigenvalue weighted by atomic mass is 35.5. The highest BCUT2D eigenvalue weighted by Crippen LogP contribution is 2.43. The van der Waals surface area contributed by atoms with Crippen LogP contribution in [0.2, 0.25) is 0 Å². The van der Waals surface area contributed by atoms with Crippen LogP contribution >= 0.6 is 12.4 Å². The molecule has 1 amide bonds. The zero-order chi connectivity index (χ0) is 16.4. The predicted octanol–water partition coefficient (Wildman–Crippen LogP) is 3.48. The van der Waals surface area contributed by atoms with E-state index in [2.05, 4.69) is 10.6 Å². The van der Waals surface area contributed by atoms with Gasteiger partial charge in [0, 0.05) is 12.5 Å². The van der Waals surface area contributed by atoms with Gasteiger partial charge in [-0.3, -0.25) is 4.79 Å². The molecule has 0 aliphatic heterocycles. The molecular weight excluding hydrogens is 329 g/mol.